The number of rotatable bonds is 9. The molecule has 0 radical (unpaired) electrons. The Bertz CT molecular complexity index is 820. The van der Waals surface area contributed by atoms with Gasteiger partial charge in [0.1, 0.15) is 11.1 Å². The number of hydrogen-bond donors (Lipinski definition) is 2. The second-order valence-corrected chi connectivity index (χ2v) is 10.4. The van der Waals surface area contributed by atoms with E-state index in [-0.39, 0.29) is 23.0 Å². The highest BCUT2D eigenvalue weighted by atomic mass is 79.9. The molecular formula is C20H28BrClF3NO6S. The van der Waals surface area contributed by atoms with Crippen LogP contribution in [0.1, 0.15) is 52.6 Å². The summed E-state index contributed by atoms with van der Waals surface area (Å²) >= 11 is 9.02. The number of halogens is 5. The summed E-state index contributed by atoms with van der Waals surface area (Å²) in [6.45, 7) is 8.75. The van der Waals surface area contributed by atoms with Crippen LogP contribution in [0.3, 0.4) is 0 Å². The lowest BCUT2D eigenvalue weighted by Crippen LogP contribution is -2.40. The number of carbonyl (C=O) groups excluding carboxylic acids is 1. The summed E-state index contributed by atoms with van der Waals surface area (Å²) in [7, 11) is -1.76. The minimum absolute atomic E-state index is 0.0744. The first kappa shape index (κ1) is 31.6. The second kappa shape index (κ2) is 14.1. The molecule has 0 aromatic heterocycles. The summed E-state index contributed by atoms with van der Waals surface area (Å²) in [5, 5.41) is 9.67. The third kappa shape index (κ3) is 11.5. The molecule has 2 N–H and O–H groups in total. The largest absolute Gasteiger partial charge is 0.573 e. The van der Waals surface area contributed by atoms with Gasteiger partial charge in [-0.15, -0.1) is 13.2 Å². The summed E-state index contributed by atoms with van der Waals surface area (Å²) in [6, 6.07) is 2.37. The van der Waals surface area contributed by atoms with Gasteiger partial charge in [-0.25, -0.2) is 8.93 Å². The molecule has 0 aliphatic heterocycles. The summed E-state index contributed by atoms with van der Waals surface area (Å²) in [5.41, 5.74) is -0.196. The third-order valence-corrected chi connectivity index (χ3v) is 6.28. The number of esters is 1. The van der Waals surface area contributed by atoms with Crippen molar-refractivity contribution in [2.45, 2.75) is 58.2 Å². The molecule has 1 aromatic rings. The van der Waals surface area contributed by atoms with E-state index in [2.05, 4.69) is 30.1 Å². The van der Waals surface area contributed by atoms with Crippen molar-refractivity contribution < 1.29 is 41.5 Å². The fourth-order valence-electron chi connectivity index (χ4n) is 2.42. The molecule has 0 amide bonds. The Balaban J connectivity index is 0.00000126. The Kier molecular flexibility index (Phi) is 13.5. The summed E-state index contributed by atoms with van der Waals surface area (Å²) in [4.78, 5) is 21.8. The van der Waals surface area contributed by atoms with Crippen molar-refractivity contribution >= 4 is 50.5 Å². The van der Waals surface area contributed by atoms with Gasteiger partial charge in [-0.1, -0.05) is 40.5 Å². The van der Waals surface area contributed by atoms with Crippen LogP contribution in [-0.4, -0.2) is 44.3 Å². The number of ether oxygens (including phenoxy) is 2. The predicted octanol–water partition coefficient (Wildman–Crippen LogP) is 5.39. The Morgan fingerprint density at radius 2 is 1.82 bits per heavy atom. The Morgan fingerprint density at radius 1 is 1.24 bits per heavy atom. The standard InChI is InChI=1S/C16H21ClF3NO4S.C4H7BrO2/c1-5-9(14(22)23)13(21-26(24)15(2,3)4)12-10(17)7-6-8-11(12)25-16(18,19)20;1-2-7-4(6)3-5/h6-9,13,21H,5H2,1-4H3,(H,22,23);2-3H2,1H3/t9-,13?,26+;/m1./s1. The van der Waals surface area contributed by atoms with E-state index in [0.29, 0.717) is 11.9 Å². The highest BCUT2D eigenvalue weighted by Crippen LogP contribution is 2.40. The zero-order valence-corrected chi connectivity index (χ0v) is 22.0. The smallest absolute Gasteiger partial charge is 0.481 e. The number of carbonyl (C=O) groups is 2. The molecule has 0 heterocycles. The fraction of sp³-hybridized carbons (Fsp3) is 0.600. The molecule has 33 heavy (non-hydrogen) atoms. The monoisotopic (exact) mass is 581 g/mol. The molecule has 1 unspecified atom stereocenters. The van der Waals surface area contributed by atoms with Gasteiger partial charge in [0.15, 0.2) is 0 Å². The van der Waals surface area contributed by atoms with Crippen LogP contribution in [0.25, 0.3) is 0 Å². The van der Waals surface area contributed by atoms with Gasteiger partial charge < -0.3 is 14.6 Å². The van der Waals surface area contributed by atoms with E-state index in [9.17, 15) is 32.1 Å². The first-order valence-corrected chi connectivity index (χ1v) is 12.4. The molecule has 1 rings (SSSR count). The fourth-order valence-corrected chi connectivity index (χ4v) is 3.73. The molecule has 13 heteroatoms. The van der Waals surface area contributed by atoms with Crippen LogP contribution in [-0.2, 0) is 25.3 Å². The number of alkyl halides is 4. The van der Waals surface area contributed by atoms with Crippen LogP contribution >= 0.6 is 27.5 Å². The SMILES string of the molecule is CCOC(=O)CBr.CC[C@@H](C(=O)O)C(N[S@@](=O)C(C)(C)C)c1c(Cl)cccc1OC(F)(F)F. The maximum atomic E-state index is 12.7. The lowest BCUT2D eigenvalue weighted by molar-refractivity contribution is -0.275. The van der Waals surface area contributed by atoms with Gasteiger partial charge >= 0.3 is 18.3 Å². The van der Waals surface area contributed by atoms with Gasteiger partial charge in [0.25, 0.3) is 0 Å². The number of carboxylic acid groups (broad SMARTS) is 1. The average molecular weight is 583 g/mol. The van der Waals surface area contributed by atoms with E-state index in [1.54, 1.807) is 34.6 Å². The molecule has 0 saturated carbocycles. The zero-order valence-electron chi connectivity index (χ0n) is 18.8. The van der Waals surface area contributed by atoms with Crippen LogP contribution in [0.5, 0.6) is 5.75 Å². The highest BCUT2D eigenvalue weighted by molar-refractivity contribution is 9.09. The Hall–Kier alpha value is -1.37. The summed E-state index contributed by atoms with van der Waals surface area (Å²) in [6.07, 6.45) is -4.91. The van der Waals surface area contributed by atoms with Gasteiger partial charge in [-0.05, 0) is 46.2 Å². The van der Waals surface area contributed by atoms with Crippen LogP contribution < -0.4 is 9.46 Å². The molecule has 0 fully saturated rings. The molecular weight excluding hydrogens is 555 g/mol. The van der Waals surface area contributed by atoms with Crippen molar-refractivity contribution in [2.75, 3.05) is 11.9 Å². The lowest BCUT2D eigenvalue weighted by Gasteiger charge is -2.30. The maximum Gasteiger partial charge on any atom is 0.573 e. The van der Waals surface area contributed by atoms with Crippen molar-refractivity contribution in [3.63, 3.8) is 0 Å². The number of carboxylic acids is 1. The van der Waals surface area contributed by atoms with Crippen LogP contribution in [0, 0.1) is 5.92 Å². The second-order valence-electron chi connectivity index (χ2n) is 7.47. The topological polar surface area (TPSA) is 102 Å². The van der Waals surface area contributed by atoms with Crippen molar-refractivity contribution in [1.29, 1.82) is 0 Å². The van der Waals surface area contributed by atoms with E-state index in [0.717, 1.165) is 6.07 Å². The van der Waals surface area contributed by atoms with Crippen molar-refractivity contribution in [3.05, 3.63) is 28.8 Å². The molecule has 0 aliphatic carbocycles. The normalized spacial score (nSPS) is 14.4. The first-order valence-electron chi connectivity index (χ1n) is 9.75. The zero-order chi connectivity index (χ0) is 26.0. The van der Waals surface area contributed by atoms with Gasteiger partial charge in [0.2, 0.25) is 0 Å². The van der Waals surface area contributed by atoms with Gasteiger partial charge in [-0.2, -0.15) is 0 Å². The lowest BCUT2D eigenvalue weighted by atomic mass is 9.91. The molecule has 0 aliphatic rings. The van der Waals surface area contributed by atoms with Crippen LogP contribution in [0.4, 0.5) is 13.2 Å². The number of nitrogens with one attached hydrogen (secondary N) is 1. The minimum atomic E-state index is -4.99. The summed E-state index contributed by atoms with van der Waals surface area (Å²) < 4.78 is 61.1. The minimum Gasteiger partial charge on any atom is -0.481 e. The van der Waals surface area contributed by atoms with Crippen molar-refractivity contribution in [3.8, 4) is 5.75 Å². The molecule has 0 bridgehead atoms. The van der Waals surface area contributed by atoms with Gasteiger partial charge in [0, 0.05) is 10.6 Å². The maximum absolute atomic E-state index is 12.7. The third-order valence-electron chi connectivity index (χ3n) is 3.91. The molecule has 190 valence electrons. The number of aliphatic carboxylic acids is 1. The Labute approximate surface area is 207 Å². The molecule has 7 nitrogen and oxygen atoms in total. The van der Waals surface area contributed by atoms with Crippen LogP contribution in [0.15, 0.2) is 18.2 Å². The molecule has 0 saturated heterocycles. The Morgan fingerprint density at radius 3 is 2.18 bits per heavy atom. The molecule has 0 spiro atoms. The summed E-state index contributed by atoms with van der Waals surface area (Å²) in [5.74, 6) is -3.26. The van der Waals surface area contributed by atoms with E-state index in [4.69, 9.17) is 11.6 Å². The first-order chi connectivity index (χ1) is 15.1. The highest BCUT2D eigenvalue weighted by Gasteiger charge is 2.38. The van der Waals surface area contributed by atoms with E-state index in [1.165, 1.54) is 12.1 Å². The number of benzene rings is 1. The van der Waals surface area contributed by atoms with Crippen molar-refractivity contribution in [2.24, 2.45) is 5.92 Å². The van der Waals surface area contributed by atoms with Crippen LogP contribution in [0.2, 0.25) is 5.02 Å². The molecule has 3 atom stereocenters. The predicted molar refractivity (Wildman–Crippen MR) is 124 cm³/mol. The van der Waals surface area contributed by atoms with E-state index in [1.807, 2.05) is 0 Å². The quantitative estimate of drug-likeness (QED) is 0.299. The average Bonchev–Trinajstić information content (AvgIpc) is 2.66. The van der Waals surface area contributed by atoms with E-state index < -0.39 is 45.8 Å². The van der Waals surface area contributed by atoms with Crippen molar-refractivity contribution in [1.82, 2.24) is 4.72 Å². The van der Waals surface area contributed by atoms with E-state index >= 15 is 0 Å². The molecule has 1 aromatic carbocycles. The van der Waals surface area contributed by atoms with Gasteiger partial charge in [-0.3, -0.25) is 9.59 Å². The van der Waals surface area contributed by atoms with Gasteiger partial charge in [0.05, 0.1) is 34.3 Å². The number of hydrogen-bond acceptors (Lipinski definition) is 5.